The molecule has 0 heterocycles. The second-order valence-corrected chi connectivity index (χ2v) is 10.9. The van der Waals surface area contributed by atoms with Gasteiger partial charge in [-0.3, -0.25) is 13.9 Å². The first-order valence-electron chi connectivity index (χ1n) is 11.1. The zero-order chi connectivity index (χ0) is 26.5. The lowest BCUT2D eigenvalue weighted by atomic mass is 10.1. The van der Waals surface area contributed by atoms with E-state index in [9.17, 15) is 18.0 Å². The molecule has 3 aromatic rings. The first-order valence-corrected chi connectivity index (χ1v) is 13.3. The van der Waals surface area contributed by atoms with Gasteiger partial charge < -0.3 is 10.2 Å². The highest BCUT2D eigenvalue weighted by Gasteiger charge is 2.33. The predicted octanol–water partition coefficient (Wildman–Crippen LogP) is 4.66. The van der Waals surface area contributed by atoms with Crippen molar-refractivity contribution in [2.45, 2.75) is 31.3 Å². The van der Waals surface area contributed by atoms with Crippen LogP contribution in [0.25, 0.3) is 0 Å². The Bertz CT molecular complexity index is 1330. The molecule has 0 aromatic heterocycles. The molecular formula is C26H27Cl2N3O4S. The van der Waals surface area contributed by atoms with E-state index in [0.29, 0.717) is 5.02 Å². The SMILES string of the molecule is CNC(=O)[C@H](C)N(Cc1ccc(Cl)cc1)C(=O)CN(c1ccccc1Cl)S(=O)(=O)c1ccc(C)cc1. The summed E-state index contributed by atoms with van der Waals surface area (Å²) in [5.74, 6) is -0.959. The summed E-state index contributed by atoms with van der Waals surface area (Å²) in [5.41, 5.74) is 1.78. The summed E-state index contributed by atoms with van der Waals surface area (Å²) in [6.45, 7) is 2.95. The molecule has 0 aliphatic rings. The summed E-state index contributed by atoms with van der Waals surface area (Å²) in [7, 11) is -2.69. The zero-order valence-corrected chi connectivity index (χ0v) is 22.4. The summed E-state index contributed by atoms with van der Waals surface area (Å²) in [5, 5.41) is 3.25. The number of sulfonamides is 1. The summed E-state index contributed by atoms with van der Waals surface area (Å²) in [6.07, 6.45) is 0. The molecule has 0 unspecified atom stereocenters. The number of nitrogens with zero attached hydrogens (tertiary/aromatic N) is 2. The molecule has 7 nitrogen and oxygen atoms in total. The Morgan fingerprint density at radius 2 is 1.56 bits per heavy atom. The highest BCUT2D eigenvalue weighted by molar-refractivity contribution is 7.92. The van der Waals surface area contributed by atoms with Gasteiger partial charge >= 0.3 is 0 Å². The van der Waals surface area contributed by atoms with Gasteiger partial charge in [0.25, 0.3) is 10.0 Å². The van der Waals surface area contributed by atoms with Crippen LogP contribution in [0.1, 0.15) is 18.1 Å². The smallest absolute Gasteiger partial charge is 0.264 e. The van der Waals surface area contributed by atoms with Crippen molar-refractivity contribution in [3.05, 3.63) is 94.0 Å². The lowest BCUT2D eigenvalue weighted by Crippen LogP contribution is -2.50. The number of halogens is 2. The van der Waals surface area contributed by atoms with Gasteiger partial charge in [0.15, 0.2) is 0 Å². The average Bonchev–Trinajstić information content (AvgIpc) is 2.86. The number of rotatable bonds is 9. The van der Waals surface area contributed by atoms with Crippen LogP contribution in [0.3, 0.4) is 0 Å². The van der Waals surface area contributed by atoms with Crippen LogP contribution in [0, 0.1) is 6.92 Å². The van der Waals surface area contributed by atoms with E-state index in [1.807, 2.05) is 6.92 Å². The van der Waals surface area contributed by atoms with Crippen molar-refractivity contribution in [2.24, 2.45) is 0 Å². The molecular weight excluding hydrogens is 521 g/mol. The molecule has 2 amide bonds. The van der Waals surface area contributed by atoms with E-state index in [4.69, 9.17) is 23.2 Å². The summed E-state index contributed by atoms with van der Waals surface area (Å²) < 4.78 is 28.4. The van der Waals surface area contributed by atoms with Crippen LogP contribution in [0.4, 0.5) is 5.69 Å². The molecule has 0 radical (unpaired) electrons. The quantitative estimate of drug-likeness (QED) is 0.422. The van der Waals surface area contributed by atoms with E-state index in [1.165, 1.54) is 30.1 Å². The van der Waals surface area contributed by atoms with Crippen molar-refractivity contribution in [1.29, 1.82) is 0 Å². The Labute approximate surface area is 221 Å². The number of para-hydroxylation sites is 1. The number of carbonyl (C=O) groups excluding carboxylic acids is 2. The number of benzene rings is 3. The fourth-order valence-corrected chi connectivity index (χ4v) is 5.43. The van der Waals surface area contributed by atoms with Crippen molar-refractivity contribution in [1.82, 2.24) is 10.2 Å². The maximum Gasteiger partial charge on any atom is 0.264 e. The van der Waals surface area contributed by atoms with Crippen molar-refractivity contribution in [3.63, 3.8) is 0 Å². The minimum Gasteiger partial charge on any atom is -0.357 e. The van der Waals surface area contributed by atoms with Crippen molar-refractivity contribution < 1.29 is 18.0 Å². The average molecular weight is 548 g/mol. The summed E-state index contributed by atoms with van der Waals surface area (Å²) >= 11 is 12.4. The van der Waals surface area contributed by atoms with Gasteiger partial charge in [0.05, 0.1) is 15.6 Å². The Balaban J connectivity index is 2.04. The number of carbonyl (C=O) groups is 2. The normalized spacial score (nSPS) is 12.0. The van der Waals surface area contributed by atoms with E-state index in [1.54, 1.807) is 61.5 Å². The molecule has 1 atom stereocenters. The van der Waals surface area contributed by atoms with Crippen LogP contribution >= 0.6 is 23.2 Å². The van der Waals surface area contributed by atoms with Gasteiger partial charge in [0.1, 0.15) is 12.6 Å². The number of aryl methyl sites for hydroxylation is 1. The van der Waals surface area contributed by atoms with Crippen LogP contribution < -0.4 is 9.62 Å². The maximum atomic E-state index is 13.7. The van der Waals surface area contributed by atoms with Gasteiger partial charge in [-0.2, -0.15) is 0 Å². The molecule has 36 heavy (non-hydrogen) atoms. The summed E-state index contributed by atoms with van der Waals surface area (Å²) in [6, 6.07) is 18.7. The molecule has 0 saturated heterocycles. The van der Waals surface area contributed by atoms with Gasteiger partial charge in [-0.15, -0.1) is 0 Å². The number of amides is 2. The van der Waals surface area contributed by atoms with E-state index in [2.05, 4.69) is 5.32 Å². The number of hydrogen-bond acceptors (Lipinski definition) is 4. The van der Waals surface area contributed by atoms with Crippen LogP contribution in [0.2, 0.25) is 10.0 Å². The number of nitrogens with one attached hydrogen (secondary N) is 1. The van der Waals surface area contributed by atoms with E-state index < -0.39 is 28.5 Å². The van der Waals surface area contributed by atoms with Crippen molar-refractivity contribution >= 4 is 50.7 Å². The molecule has 190 valence electrons. The Morgan fingerprint density at radius 3 is 2.14 bits per heavy atom. The molecule has 0 aliphatic heterocycles. The fraction of sp³-hybridized carbons (Fsp3) is 0.231. The van der Waals surface area contributed by atoms with E-state index >= 15 is 0 Å². The maximum absolute atomic E-state index is 13.7. The largest absolute Gasteiger partial charge is 0.357 e. The van der Waals surface area contributed by atoms with E-state index in [0.717, 1.165) is 15.4 Å². The molecule has 0 fully saturated rings. The molecule has 0 aliphatic carbocycles. The minimum atomic E-state index is -4.17. The lowest BCUT2D eigenvalue weighted by molar-refractivity contribution is -0.139. The standard InChI is InChI=1S/C26H27Cl2N3O4S/c1-18-8-14-22(15-9-18)36(34,35)31(24-7-5-4-6-23(24)28)17-25(32)30(19(2)26(33)29-3)16-20-10-12-21(27)13-11-20/h4-15,19H,16-17H2,1-3H3,(H,29,33)/t19-/m0/s1. The first-order chi connectivity index (χ1) is 17.0. The van der Waals surface area contributed by atoms with Crippen molar-refractivity contribution in [3.8, 4) is 0 Å². The Kier molecular flexibility index (Phi) is 9.00. The number of hydrogen-bond donors (Lipinski definition) is 1. The molecule has 0 spiro atoms. The Morgan fingerprint density at radius 1 is 0.944 bits per heavy atom. The van der Waals surface area contributed by atoms with Crippen LogP contribution in [-0.4, -0.2) is 44.8 Å². The Hall–Kier alpha value is -3.07. The highest BCUT2D eigenvalue weighted by Crippen LogP contribution is 2.31. The highest BCUT2D eigenvalue weighted by atomic mass is 35.5. The third-order valence-electron chi connectivity index (χ3n) is 5.69. The van der Waals surface area contributed by atoms with Crippen LogP contribution in [-0.2, 0) is 26.2 Å². The zero-order valence-electron chi connectivity index (χ0n) is 20.1. The van der Waals surface area contributed by atoms with Crippen LogP contribution in [0.15, 0.2) is 77.7 Å². The monoisotopic (exact) mass is 547 g/mol. The first kappa shape index (κ1) is 27.5. The lowest BCUT2D eigenvalue weighted by Gasteiger charge is -2.32. The minimum absolute atomic E-state index is 0.0180. The second kappa shape index (κ2) is 11.8. The third-order valence-corrected chi connectivity index (χ3v) is 8.03. The van der Waals surface area contributed by atoms with Gasteiger partial charge in [-0.1, -0.05) is 65.2 Å². The second-order valence-electron chi connectivity index (χ2n) is 8.21. The molecule has 10 heteroatoms. The number of anilines is 1. The molecule has 0 bridgehead atoms. The number of likely N-dealkylation sites (N-methyl/N-ethyl adjacent to an activating group) is 1. The summed E-state index contributed by atoms with van der Waals surface area (Å²) in [4.78, 5) is 27.5. The van der Waals surface area contributed by atoms with Gasteiger partial charge in [0.2, 0.25) is 11.8 Å². The fourth-order valence-electron chi connectivity index (χ4n) is 3.58. The molecule has 1 N–H and O–H groups in total. The predicted molar refractivity (Wildman–Crippen MR) is 143 cm³/mol. The van der Waals surface area contributed by atoms with Crippen molar-refractivity contribution in [2.75, 3.05) is 17.9 Å². The van der Waals surface area contributed by atoms with Gasteiger partial charge in [-0.25, -0.2) is 8.42 Å². The van der Waals surface area contributed by atoms with Gasteiger partial charge in [-0.05, 0) is 55.8 Å². The van der Waals surface area contributed by atoms with E-state index in [-0.39, 0.29) is 28.1 Å². The molecule has 3 rings (SSSR count). The molecule has 0 saturated carbocycles. The third kappa shape index (κ3) is 6.37. The van der Waals surface area contributed by atoms with Gasteiger partial charge in [0, 0.05) is 18.6 Å². The van der Waals surface area contributed by atoms with Crippen LogP contribution in [0.5, 0.6) is 0 Å². The topological polar surface area (TPSA) is 86.8 Å². The molecule has 3 aromatic carbocycles.